The van der Waals surface area contributed by atoms with E-state index in [4.69, 9.17) is 0 Å². The Hall–Kier alpha value is -0.200. The Morgan fingerprint density at radius 3 is 2.78 bits per heavy atom. The van der Waals surface area contributed by atoms with E-state index < -0.39 is 6.10 Å². The number of benzene rings is 1. The minimum Gasteiger partial charge on any atom is -0.387 e. The molecule has 0 spiro atoms. The number of hydrogen-bond donors (Lipinski definition) is 2. The summed E-state index contributed by atoms with van der Waals surface area (Å²) in [6, 6.07) is 9.78. The van der Waals surface area contributed by atoms with Crippen molar-refractivity contribution in [3.05, 3.63) is 55.1 Å². The summed E-state index contributed by atoms with van der Waals surface area (Å²) in [6.45, 7) is 1.31. The van der Waals surface area contributed by atoms with Crippen LogP contribution in [0.25, 0.3) is 0 Å². The van der Waals surface area contributed by atoms with Crippen LogP contribution < -0.4 is 5.32 Å². The lowest BCUT2D eigenvalue weighted by molar-refractivity contribution is 0.174. The number of hydrogen-bond acceptors (Lipinski definition) is 3. The van der Waals surface area contributed by atoms with Crippen molar-refractivity contribution in [3.63, 3.8) is 0 Å². The molecular formula is C13H13Br2NOS. The van der Waals surface area contributed by atoms with E-state index in [0.717, 1.165) is 21.1 Å². The van der Waals surface area contributed by atoms with E-state index in [-0.39, 0.29) is 0 Å². The lowest BCUT2D eigenvalue weighted by Gasteiger charge is -2.12. The van der Waals surface area contributed by atoms with Crippen LogP contribution in [-0.4, -0.2) is 11.7 Å². The van der Waals surface area contributed by atoms with Crippen molar-refractivity contribution in [1.82, 2.24) is 5.32 Å². The minimum absolute atomic E-state index is 0.485. The molecule has 2 rings (SSSR count). The van der Waals surface area contributed by atoms with Gasteiger partial charge in [0.05, 0.1) is 6.10 Å². The number of thiophene rings is 1. The van der Waals surface area contributed by atoms with Crippen LogP contribution in [0.3, 0.4) is 0 Å². The van der Waals surface area contributed by atoms with Gasteiger partial charge in [-0.05, 0) is 45.1 Å². The van der Waals surface area contributed by atoms with Gasteiger partial charge < -0.3 is 10.4 Å². The van der Waals surface area contributed by atoms with Crippen molar-refractivity contribution in [1.29, 1.82) is 0 Å². The first-order chi connectivity index (χ1) is 8.66. The van der Waals surface area contributed by atoms with Crippen LogP contribution >= 0.6 is 43.2 Å². The molecule has 96 valence electrons. The number of aliphatic hydroxyl groups is 1. The zero-order chi connectivity index (χ0) is 13.0. The summed E-state index contributed by atoms with van der Waals surface area (Å²) in [6.07, 6.45) is -0.485. The molecule has 1 atom stereocenters. The average Bonchev–Trinajstić information content (AvgIpc) is 2.75. The SMILES string of the molecule is OC(CNCc1sccc1Br)c1cccc(Br)c1. The summed E-state index contributed by atoms with van der Waals surface area (Å²) in [4.78, 5) is 1.25. The molecule has 2 N–H and O–H groups in total. The second-order valence-electron chi connectivity index (χ2n) is 3.89. The molecule has 2 nitrogen and oxygen atoms in total. The third-order valence-electron chi connectivity index (χ3n) is 2.55. The standard InChI is InChI=1S/C13H13Br2NOS/c14-10-3-1-2-9(6-10)12(17)7-16-8-13-11(15)4-5-18-13/h1-6,12,16-17H,7-8H2. The van der Waals surface area contributed by atoms with Gasteiger partial charge in [0.15, 0.2) is 0 Å². The number of halogens is 2. The van der Waals surface area contributed by atoms with E-state index >= 15 is 0 Å². The first kappa shape index (κ1) is 14.2. The lowest BCUT2D eigenvalue weighted by atomic mass is 10.1. The van der Waals surface area contributed by atoms with Crippen molar-refractivity contribution in [2.24, 2.45) is 0 Å². The van der Waals surface area contributed by atoms with Crippen molar-refractivity contribution < 1.29 is 5.11 Å². The third kappa shape index (κ3) is 3.90. The van der Waals surface area contributed by atoms with E-state index in [1.54, 1.807) is 11.3 Å². The Bertz CT molecular complexity index is 515. The summed E-state index contributed by atoms with van der Waals surface area (Å²) < 4.78 is 2.11. The largest absolute Gasteiger partial charge is 0.387 e. The highest BCUT2D eigenvalue weighted by Crippen LogP contribution is 2.22. The molecule has 1 aromatic heterocycles. The van der Waals surface area contributed by atoms with Crippen LogP contribution in [0, 0.1) is 0 Å². The maximum Gasteiger partial charge on any atom is 0.0914 e. The molecule has 2 aromatic rings. The van der Waals surface area contributed by atoms with Gasteiger partial charge in [0.2, 0.25) is 0 Å². The topological polar surface area (TPSA) is 32.3 Å². The zero-order valence-electron chi connectivity index (χ0n) is 9.57. The van der Waals surface area contributed by atoms with Gasteiger partial charge in [-0.15, -0.1) is 11.3 Å². The van der Waals surface area contributed by atoms with Gasteiger partial charge in [0.1, 0.15) is 0 Å². The van der Waals surface area contributed by atoms with Gasteiger partial charge in [0.25, 0.3) is 0 Å². The Balaban J connectivity index is 1.85. The number of nitrogens with one attached hydrogen (secondary N) is 1. The van der Waals surface area contributed by atoms with E-state index in [1.165, 1.54) is 4.88 Å². The molecule has 0 radical (unpaired) electrons. The maximum absolute atomic E-state index is 10.1. The molecule has 1 aromatic carbocycles. The fraction of sp³-hybridized carbons (Fsp3) is 0.231. The normalized spacial score (nSPS) is 12.6. The van der Waals surface area contributed by atoms with Gasteiger partial charge >= 0.3 is 0 Å². The summed E-state index contributed by atoms with van der Waals surface area (Å²) >= 11 is 8.59. The van der Waals surface area contributed by atoms with Crippen LogP contribution in [0.4, 0.5) is 0 Å². The van der Waals surface area contributed by atoms with Gasteiger partial charge in [-0.3, -0.25) is 0 Å². The molecule has 1 unspecified atom stereocenters. The van der Waals surface area contributed by atoms with E-state index in [1.807, 2.05) is 35.7 Å². The fourth-order valence-corrected chi connectivity index (χ4v) is 3.48. The fourth-order valence-electron chi connectivity index (χ4n) is 1.61. The molecule has 0 amide bonds. The highest BCUT2D eigenvalue weighted by molar-refractivity contribution is 9.10. The molecular weight excluding hydrogens is 378 g/mol. The van der Waals surface area contributed by atoms with E-state index in [9.17, 15) is 5.11 Å². The van der Waals surface area contributed by atoms with E-state index in [2.05, 4.69) is 37.2 Å². The van der Waals surface area contributed by atoms with Crippen molar-refractivity contribution in [3.8, 4) is 0 Å². The molecule has 0 aliphatic heterocycles. The summed E-state index contributed by atoms with van der Waals surface area (Å²) in [7, 11) is 0. The van der Waals surface area contributed by atoms with Gasteiger partial charge in [0, 0.05) is 26.9 Å². The zero-order valence-corrected chi connectivity index (χ0v) is 13.6. The first-order valence-corrected chi connectivity index (χ1v) is 7.99. The molecule has 0 aliphatic rings. The molecule has 5 heteroatoms. The summed E-state index contributed by atoms with van der Waals surface area (Å²) in [5.74, 6) is 0. The summed E-state index contributed by atoms with van der Waals surface area (Å²) in [5, 5.41) is 15.4. The smallest absolute Gasteiger partial charge is 0.0914 e. The predicted molar refractivity (Wildman–Crippen MR) is 82.8 cm³/mol. The van der Waals surface area contributed by atoms with Crippen molar-refractivity contribution >= 4 is 43.2 Å². The monoisotopic (exact) mass is 389 g/mol. The van der Waals surface area contributed by atoms with Crippen LogP contribution in [-0.2, 0) is 6.54 Å². The Kier molecular flexibility index (Phi) is 5.38. The van der Waals surface area contributed by atoms with Crippen LogP contribution in [0.2, 0.25) is 0 Å². The second-order valence-corrected chi connectivity index (χ2v) is 6.66. The maximum atomic E-state index is 10.1. The van der Waals surface area contributed by atoms with Crippen LogP contribution in [0.1, 0.15) is 16.5 Å². The Morgan fingerprint density at radius 1 is 1.28 bits per heavy atom. The van der Waals surface area contributed by atoms with Gasteiger partial charge in [-0.2, -0.15) is 0 Å². The second kappa shape index (κ2) is 6.82. The lowest BCUT2D eigenvalue weighted by Crippen LogP contribution is -2.20. The Morgan fingerprint density at radius 2 is 2.11 bits per heavy atom. The molecule has 1 heterocycles. The Labute approximate surface area is 127 Å². The summed E-state index contributed by atoms with van der Waals surface area (Å²) in [5.41, 5.74) is 0.919. The van der Waals surface area contributed by atoms with Gasteiger partial charge in [-0.25, -0.2) is 0 Å². The van der Waals surface area contributed by atoms with Crippen LogP contribution in [0.15, 0.2) is 44.7 Å². The molecule has 0 saturated heterocycles. The molecule has 18 heavy (non-hydrogen) atoms. The molecule has 0 fully saturated rings. The van der Waals surface area contributed by atoms with E-state index in [0.29, 0.717) is 6.54 Å². The van der Waals surface area contributed by atoms with Gasteiger partial charge in [-0.1, -0.05) is 28.1 Å². The highest BCUT2D eigenvalue weighted by atomic mass is 79.9. The molecule has 0 saturated carbocycles. The third-order valence-corrected chi connectivity index (χ3v) is 4.97. The molecule has 0 bridgehead atoms. The quantitative estimate of drug-likeness (QED) is 0.805. The molecule has 0 aliphatic carbocycles. The van der Waals surface area contributed by atoms with Crippen LogP contribution in [0.5, 0.6) is 0 Å². The first-order valence-electron chi connectivity index (χ1n) is 5.53. The highest BCUT2D eigenvalue weighted by Gasteiger charge is 2.08. The number of aliphatic hydroxyl groups excluding tert-OH is 1. The average molecular weight is 391 g/mol. The predicted octanol–water partition coefficient (Wildman–Crippen LogP) is 4.10. The van der Waals surface area contributed by atoms with Crippen molar-refractivity contribution in [2.75, 3.05) is 6.54 Å². The minimum atomic E-state index is -0.485. The van der Waals surface area contributed by atoms with Crippen molar-refractivity contribution in [2.45, 2.75) is 12.6 Å². The number of rotatable bonds is 5.